The number of benzene rings is 2. The first-order chi connectivity index (χ1) is 17.7. The number of pyridine rings is 1. The fourth-order valence-corrected chi connectivity index (χ4v) is 6.36. The van der Waals surface area contributed by atoms with Crippen molar-refractivity contribution < 1.29 is 27.8 Å². The van der Waals surface area contributed by atoms with Gasteiger partial charge in [0.2, 0.25) is 0 Å². The van der Waals surface area contributed by atoms with E-state index in [1.807, 2.05) is 23.5 Å². The summed E-state index contributed by atoms with van der Waals surface area (Å²) in [6.07, 6.45) is 0.358. The summed E-state index contributed by atoms with van der Waals surface area (Å²) in [6, 6.07) is 13.8. The fraction of sp³-hybridized carbons (Fsp3) is 0.259. The molecule has 2 heterocycles. The number of nitrogens with one attached hydrogen (secondary N) is 1. The Morgan fingerprint density at radius 1 is 1.19 bits per heavy atom. The summed E-state index contributed by atoms with van der Waals surface area (Å²) in [5.41, 5.74) is 3.55. The number of phenolic OH excluding ortho intramolecular Hbond substituents is 1. The van der Waals surface area contributed by atoms with Crippen LogP contribution in [0.25, 0.3) is 16.9 Å². The third kappa shape index (κ3) is 6.10. The molecule has 1 fully saturated rings. The normalized spacial score (nSPS) is 13.9. The third-order valence-corrected chi connectivity index (χ3v) is 8.31. The van der Waals surface area contributed by atoms with Gasteiger partial charge in [0.05, 0.1) is 0 Å². The molecule has 2 aromatic carbocycles. The number of hydrogen-bond acceptors (Lipinski definition) is 4. The predicted octanol–water partition coefficient (Wildman–Crippen LogP) is 5.40. The Balaban J connectivity index is 1.51. The molecular weight excluding hydrogens is 546 g/mol. The number of fused-ring (bicyclic) bond motifs is 1. The van der Waals surface area contributed by atoms with Crippen molar-refractivity contribution in [2.75, 3.05) is 0 Å². The molecule has 191 valence electrons. The van der Waals surface area contributed by atoms with Crippen LogP contribution in [0, 0.1) is 6.92 Å². The van der Waals surface area contributed by atoms with E-state index in [-0.39, 0.29) is 22.9 Å². The van der Waals surface area contributed by atoms with Gasteiger partial charge in [0.15, 0.2) is 0 Å². The average Bonchev–Trinajstić information content (AvgIpc) is 3.53. The molecule has 2 N–H and O–H groups in total. The number of nitrogens with zero attached hydrogens (tertiary/aromatic N) is 2. The van der Waals surface area contributed by atoms with Gasteiger partial charge in [-0.2, -0.15) is 0 Å². The van der Waals surface area contributed by atoms with Gasteiger partial charge < -0.3 is 0 Å². The van der Waals surface area contributed by atoms with Gasteiger partial charge in [-0.1, -0.05) is 0 Å². The summed E-state index contributed by atoms with van der Waals surface area (Å²) >= 11 is -0.834. The van der Waals surface area contributed by atoms with Crippen LogP contribution in [0.5, 0.6) is 17.2 Å². The summed E-state index contributed by atoms with van der Waals surface area (Å²) < 4.78 is 46.9. The number of carbonyl (C=O) groups is 1. The number of ether oxygens (including phenoxy) is 1. The van der Waals surface area contributed by atoms with Crippen LogP contribution < -0.4 is 14.4 Å². The summed E-state index contributed by atoms with van der Waals surface area (Å²) in [4.78, 5) is 17.1. The van der Waals surface area contributed by atoms with Crippen molar-refractivity contribution in [1.29, 1.82) is 0 Å². The van der Waals surface area contributed by atoms with Crippen LogP contribution in [0.3, 0.4) is 0 Å². The molecule has 0 aliphatic heterocycles. The summed E-state index contributed by atoms with van der Waals surface area (Å²) in [5, 5.41) is 12.8. The van der Waals surface area contributed by atoms with E-state index in [1.165, 1.54) is 12.1 Å². The van der Waals surface area contributed by atoms with Crippen molar-refractivity contribution in [2.45, 2.75) is 43.6 Å². The third-order valence-electron chi connectivity index (χ3n) is 5.97. The second-order valence-corrected chi connectivity index (χ2v) is 11.6. The quantitative estimate of drug-likeness (QED) is 0.279. The molecule has 5 rings (SSSR count). The molecule has 0 saturated heterocycles. The fourth-order valence-electron chi connectivity index (χ4n) is 3.99. The molecule has 2 aromatic heterocycles. The predicted molar refractivity (Wildman–Crippen MR) is 135 cm³/mol. The van der Waals surface area contributed by atoms with Gasteiger partial charge in [0.1, 0.15) is 0 Å². The zero-order valence-corrected chi connectivity index (χ0v) is 21.8. The first-order valence-corrected chi connectivity index (χ1v) is 14.1. The molecule has 1 saturated carbocycles. The van der Waals surface area contributed by atoms with Crippen LogP contribution in [0.15, 0.2) is 60.9 Å². The zero-order chi connectivity index (χ0) is 26.2. The summed E-state index contributed by atoms with van der Waals surface area (Å²) in [5.74, 6) is 0.773. The Labute approximate surface area is 218 Å². The van der Waals surface area contributed by atoms with Gasteiger partial charge >= 0.3 is 218 Å². The van der Waals surface area contributed by atoms with Crippen molar-refractivity contribution in [2.24, 2.45) is 0 Å². The van der Waals surface area contributed by atoms with Crippen molar-refractivity contribution in [3.05, 3.63) is 72.1 Å². The maximum atomic E-state index is 12.8. The van der Waals surface area contributed by atoms with Gasteiger partial charge in [0.25, 0.3) is 0 Å². The van der Waals surface area contributed by atoms with Gasteiger partial charge in [-0.25, -0.2) is 0 Å². The van der Waals surface area contributed by atoms with Crippen LogP contribution in [0.2, 0.25) is 5.21 Å². The molecule has 1 aliphatic rings. The SMILES string of the molecule is Cc1cc(-c2cnc3c([As]CCC(F)(F)F)cc(Oc4cccc(O)c4)cn23)ccc1C(=O)NC1CC1. The van der Waals surface area contributed by atoms with Gasteiger partial charge in [0, 0.05) is 0 Å². The molecule has 6 nitrogen and oxygen atoms in total. The number of carbonyl (C=O) groups excluding carboxylic acids is 1. The number of amides is 1. The van der Waals surface area contributed by atoms with E-state index >= 15 is 0 Å². The van der Waals surface area contributed by atoms with Crippen molar-refractivity contribution in [3.8, 4) is 28.5 Å². The van der Waals surface area contributed by atoms with E-state index in [2.05, 4.69) is 10.3 Å². The number of hydrogen-bond donors (Lipinski definition) is 2. The van der Waals surface area contributed by atoms with Crippen LogP contribution in [-0.2, 0) is 0 Å². The molecule has 0 bridgehead atoms. The molecule has 0 spiro atoms. The minimum atomic E-state index is -4.22. The zero-order valence-electron chi connectivity index (χ0n) is 19.9. The number of phenols is 1. The summed E-state index contributed by atoms with van der Waals surface area (Å²) in [7, 11) is 0. The van der Waals surface area contributed by atoms with E-state index in [0.717, 1.165) is 29.7 Å². The minimum absolute atomic E-state index is 0.0113. The van der Waals surface area contributed by atoms with Crippen molar-refractivity contribution in [3.63, 3.8) is 0 Å². The Bertz CT molecular complexity index is 1460. The Hall–Kier alpha value is -3.45. The van der Waals surface area contributed by atoms with E-state index in [1.54, 1.807) is 36.7 Å². The number of imidazole rings is 1. The number of aromatic hydroxyl groups is 1. The molecule has 0 atom stereocenters. The van der Waals surface area contributed by atoms with E-state index in [4.69, 9.17) is 4.74 Å². The van der Waals surface area contributed by atoms with Crippen LogP contribution in [-0.4, -0.2) is 48.4 Å². The van der Waals surface area contributed by atoms with Crippen LogP contribution in [0.1, 0.15) is 35.2 Å². The molecule has 1 radical (unpaired) electrons. The van der Waals surface area contributed by atoms with Crippen LogP contribution in [0.4, 0.5) is 13.2 Å². The molecule has 1 amide bonds. The number of rotatable bonds is 8. The Kier molecular flexibility index (Phi) is 6.90. The molecular formula is C27H24AsF3N3O3. The monoisotopic (exact) mass is 570 g/mol. The molecule has 4 aromatic rings. The standard InChI is InChI=1S/C27H24AsF3N3O3/c1-16-11-17(5-8-22(16)26(36)33-18-6-7-18)24-14-32-25-23(28-10-9-27(29,30)31)13-21(15-34(24)25)37-20-4-2-3-19(35)12-20/h2-5,8,11-15,18,35H,6-7,9-10H2,1H3,(H,33,36). The van der Waals surface area contributed by atoms with Crippen LogP contribution >= 0.6 is 0 Å². The summed E-state index contributed by atoms with van der Waals surface area (Å²) in [6.45, 7) is 1.87. The number of aryl methyl sites for hydroxylation is 1. The van der Waals surface area contributed by atoms with Gasteiger partial charge in [-0.05, 0) is 0 Å². The second kappa shape index (κ2) is 10.1. The average molecular weight is 570 g/mol. The van der Waals surface area contributed by atoms with Gasteiger partial charge in [-0.3, -0.25) is 0 Å². The maximum absolute atomic E-state index is 12.8. The molecule has 1 aliphatic carbocycles. The van der Waals surface area contributed by atoms with E-state index in [0.29, 0.717) is 27.1 Å². The number of aromatic nitrogens is 2. The van der Waals surface area contributed by atoms with Crippen molar-refractivity contribution in [1.82, 2.24) is 14.7 Å². The first kappa shape index (κ1) is 25.2. The molecule has 37 heavy (non-hydrogen) atoms. The Morgan fingerprint density at radius 3 is 2.70 bits per heavy atom. The van der Waals surface area contributed by atoms with E-state index in [9.17, 15) is 23.1 Å². The topological polar surface area (TPSA) is 75.9 Å². The van der Waals surface area contributed by atoms with Crippen molar-refractivity contribution >= 4 is 31.7 Å². The molecule has 10 heteroatoms. The second-order valence-electron chi connectivity index (χ2n) is 9.02. The van der Waals surface area contributed by atoms with E-state index < -0.39 is 28.3 Å². The number of alkyl halides is 3. The first-order valence-electron chi connectivity index (χ1n) is 11.8. The number of halogens is 3. The van der Waals surface area contributed by atoms with Gasteiger partial charge in [-0.15, -0.1) is 0 Å². The molecule has 0 unspecified atom stereocenters. The Morgan fingerprint density at radius 2 is 2.00 bits per heavy atom.